The first kappa shape index (κ1) is 23.1. The zero-order chi connectivity index (χ0) is 21.8. The molecule has 0 radical (unpaired) electrons. The van der Waals surface area contributed by atoms with Gasteiger partial charge in [0.05, 0.1) is 11.4 Å². The molecule has 0 fully saturated rings. The normalized spacial score (nSPS) is 13.3. The van der Waals surface area contributed by atoms with Gasteiger partial charge in [0.15, 0.2) is 9.84 Å². The highest BCUT2D eigenvalue weighted by molar-refractivity contribution is 7.90. The third-order valence-electron chi connectivity index (χ3n) is 4.83. The molecule has 0 aliphatic rings. The third-order valence-corrected chi connectivity index (χ3v) is 5.94. The van der Waals surface area contributed by atoms with E-state index in [0.717, 1.165) is 11.8 Å². The second-order valence-electron chi connectivity index (χ2n) is 8.82. The van der Waals surface area contributed by atoms with Crippen LogP contribution in [0.1, 0.15) is 51.8 Å². The summed E-state index contributed by atoms with van der Waals surface area (Å²) in [7, 11) is -3.32. The zero-order valence-corrected chi connectivity index (χ0v) is 18.9. The molecule has 0 aliphatic heterocycles. The molecule has 2 N–H and O–H groups in total. The smallest absolute Gasteiger partial charge is 0.238 e. The molecule has 158 valence electrons. The Hall–Kier alpha value is -2.18. The molecule has 0 heterocycles. The van der Waals surface area contributed by atoms with E-state index in [-0.39, 0.29) is 28.8 Å². The minimum atomic E-state index is -3.32. The lowest BCUT2D eigenvalue weighted by atomic mass is 9.85. The van der Waals surface area contributed by atoms with Crippen molar-refractivity contribution in [1.29, 1.82) is 0 Å². The van der Waals surface area contributed by atoms with E-state index < -0.39 is 9.84 Å². The fourth-order valence-corrected chi connectivity index (χ4v) is 3.81. The van der Waals surface area contributed by atoms with Crippen LogP contribution in [0, 0.1) is 5.92 Å². The van der Waals surface area contributed by atoms with Crippen molar-refractivity contribution < 1.29 is 13.2 Å². The highest BCUT2D eigenvalue weighted by Gasteiger charge is 2.19. The van der Waals surface area contributed by atoms with Crippen molar-refractivity contribution in [2.24, 2.45) is 5.92 Å². The Morgan fingerprint density at radius 3 is 2.17 bits per heavy atom. The average molecular weight is 417 g/mol. The predicted octanol–water partition coefficient (Wildman–Crippen LogP) is 4.31. The molecular weight excluding hydrogens is 384 g/mol. The van der Waals surface area contributed by atoms with E-state index in [1.165, 1.54) is 17.7 Å². The van der Waals surface area contributed by atoms with Gasteiger partial charge in [-0.3, -0.25) is 4.79 Å². The minimum Gasteiger partial charge on any atom is -0.325 e. The molecule has 0 bridgehead atoms. The van der Waals surface area contributed by atoms with Crippen molar-refractivity contribution in [3.63, 3.8) is 0 Å². The van der Waals surface area contributed by atoms with Gasteiger partial charge in [-0.05, 0) is 40.7 Å². The molecule has 0 saturated carbocycles. The van der Waals surface area contributed by atoms with Gasteiger partial charge in [-0.15, -0.1) is 0 Å². The zero-order valence-electron chi connectivity index (χ0n) is 18.1. The van der Waals surface area contributed by atoms with Crippen LogP contribution in [-0.4, -0.2) is 27.1 Å². The number of sulfone groups is 1. The maximum atomic E-state index is 12.4. The van der Waals surface area contributed by atoms with E-state index in [0.29, 0.717) is 11.6 Å². The number of carbonyl (C=O) groups excluding carboxylic acids is 1. The predicted molar refractivity (Wildman–Crippen MR) is 119 cm³/mol. The van der Waals surface area contributed by atoms with E-state index in [2.05, 4.69) is 69.5 Å². The van der Waals surface area contributed by atoms with Crippen LogP contribution in [0.2, 0.25) is 0 Å². The van der Waals surface area contributed by atoms with Gasteiger partial charge in [0.25, 0.3) is 0 Å². The van der Waals surface area contributed by atoms with Crippen molar-refractivity contribution >= 4 is 21.4 Å². The third kappa shape index (κ3) is 6.68. The van der Waals surface area contributed by atoms with E-state index >= 15 is 0 Å². The summed E-state index contributed by atoms with van der Waals surface area (Å²) in [5.74, 6) is 0.0875. The van der Waals surface area contributed by atoms with Crippen LogP contribution >= 0.6 is 0 Å². The number of hydrogen-bond donors (Lipinski definition) is 2. The van der Waals surface area contributed by atoms with E-state index in [1.54, 1.807) is 12.1 Å². The van der Waals surface area contributed by atoms with Gasteiger partial charge < -0.3 is 10.6 Å². The van der Waals surface area contributed by atoms with Crippen LogP contribution in [-0.2, 0) is 20.0 Å². The maximum Gasteiger partial charge on any atom is 0.238 e. The lowest BCUT2D eigenvalue weighted by molar-refractivity contribution is -0.115. The summed E-state index contributed by atoms with van der Waals surface area (Å²) in [6.07, 6.45) is 1.15. The molecule has 1 amide bonds. The van der Waals surface area contributed by atoms with Gasteiger partial charge in [0.2, 0.25) is 5.91 Å². The average Bonchev–Trinajstić information content (AvgIpc) is 2.61. The van der Waals surface area contributed by atoms with Crippen LogP contribution in [0.5, 0.6) is 0 Å². The summed E-state index contributed by atoms with van der Waals surface area (Å²) in [5, 5.41) is 6.09. The molecule has 0 saturated heterocycles. The quantitative estimate of drug-likeness (QED) is 0.705. The van der Waals surface area contributed by atoms with E-state index in [1.807, 2.05) is 0 Å². The first-order valence-electron chi connectivity index (χ1n) is 9.82. The molecule has 29 heavy (non-hydrogen) atoms. The standard InChI is InChI=1S/C23H32N2O3S/c1-16(2)22(17-10-12-18(13-11-17)23(3,4)5)24-15-21(26)25-19-8-7-9-20(14-19)29(6,27)28/h7-14,16,22,24H,15H2,1-6H3,(H,25,26). The monoisotopic (exact) mass is 416 g/mol. The molecule has 1 atom stereocenters. The van der Waals surface area contributed by atoms with Gasteiger partial charge >= 0.3 is 0 Å². The highest BCUT2D eigenvalue weighted by atomic mass is 32.2. The van der Waals surface area contributed by atoms with E-state index in [4.69, 9.17) is 0 Å². The largest absolute Gasteiger partial charge is 0.325 e. The second kappa shape index (κ2) is 9.09. The Morgan fingerprint density at radius 2 is 1.66 bits per heavy atom. The van der Waals surface area contributed by atoms with E-state index in [9.17, 15) is 13.2 Å². The van der Waals surface area contributed by atoms with Crippen LogP contribution < -0.4 is 10.6 Å². The lowest BCUT2D eigenvalue weighted by Crippen LogP contribution is -2.33. The van der Waals surface area contributed by atoms with Crippen molar-refractivity contribution in [3.05, 3.63) is 59.7 Å². The second-order valence-corrected chi connectivity index (χ2v) is 10.8. The first-order chi connectivity index (χ1) is 13.4. The number of rotatable bonds is 7. The Morgan fingerprint density at radius 1 is 1.03 bits per heavy atom. The van der Waals surface area contributed by atoms with Crippen molar-refractivity contribution in [1.82, 2.24) is 5.32 Å². The summed E-state index contributed by atoms with van der Waals surface area (Å²) in [6, 6.07) is 14.8. The van der Waals surface area contributed by atoms with Crippen LogP contribution in [0.3, 0.4) is 0 Å². The number of hydrogen-bond acceptors (Lipinski definition) is 4. The van der Waals surface area contributed by atoms with Gasteiger partial charge in [0.1, 0.15) is 0 Å². The molecule has 1 unspecified atom stereocenters. The summed E-state index contributed by atoms with van der Waals surface area (Å²) < 4.78 is 23.4. The van der Waals surface area contributed by atoms with Crippen molar-refractivity contribution in [2.45, 2.75) is 51.0 Å². The SMILES string of the molecule is CC(C)C(NCC(=O)Nc1cccc(S(C)(=O)=O)c1)c1ccc(C(C)(C)C)cc1. The summed E-state index contributed by atoms with van der Waals surface area (Å²) >= 11 is 0. The minimum absolute atomic E-state index is 0.0390. The molecule has 0 aromatic heterocycles. The number of carbonyl (C=O) groups is 1. The Labute approximate surface area is 174 Å². The molecule has 0 aliphatic carbocycles. The molecule has 2 rings (SSSR count). The summed E-state index contributed by atoms with van der Waals surface area (Å²) in [5.41, 5.74) is 2.97. The Balaban J connectivity index is 2.05. The fraction of sp³-hybridized carbons (Fsp3) is 0.435. The molecule has 2 aromatic rings. The molecule has 5 nitrogen and oxygen atoms in total. The molecule has 2 aromatic carbocycles. The Bertz CT molecular complexity index is 943. The number of anilines is 1. The van der Waals surface area contributed by atoms with Crippen LogP contribution in [0.4, 0.5) is 5.69 Å². The number of amides is 1. The van der Waals surface area contributed by atoms with Gasteiger partial charge in [-0.25, -0.2) is 8.42 Å². The van der Waals surface area contributed by atoms with Gasteiger partial charge in [-0.1, -0.05) is 65.0 Å². The van der Waals surface area contributed by atoms with Gasteiger partial charge in [0, 0.05) is 18.0 Å². The van der Waals surface area contributed by atoms with Crippen LogP contribution in [0.15, 0.2) is 53.4 Å². The topological polar surface area (TPSA) is 75.3 Å². The first-order valence-corrected chi connectivity index (χ1v) is 11.7. The highest BCUT2D eigenvalue weighted by Crippen LogP contribution is 2.26. The van der Waals surface area contributed by atoms with Crippen molar-refractivity contribution in [3.8, 4) is 0 Å². The fourth-order valence-electron chi connectivity index (χ4n) is 3.14. The lowest BCUT2D eigenvalue weighted by Gasteiger charge is -2.25. The summed E-state index contributed by atoms with van der Waals surface area (Å²) in [4.78, 5) is 12.6. The maximum absolute atomic E-state index is 12.4. The summed E-state index contributed by atoms with van der Waals surface area (Å²) in [6.45, 7) is 10.9. The molecular formula is C23H32N2O3S. The molecule has 6 heteroatoms. The molecule has 0 spiro atoms. The van der Waals surface area contributed by atoms with Crippen molar-refractivity contribution in [2.75, 3.05) is 18.1 Å². The van der Waals surface area contributed by atoms with Crippen LogP contribution in [0.25, 0.3) is 0 Å². The number of benzene rings is 2. The Kier molecular flexibility index (Phi) is 7.25. The van der Waals surface area contributed by atoms with Gasteiger partial charge in [-0.2, -0.15) is 0 Å². The number of nitrogens with one attached hydrogen (secondary N) is 2.